The van der Waals surface area contributed by atoms with Crippen molar-refractivity contribution in [1.29, 1.82) is 0 Å². The van der Waals surface area contributed by atoms with Crippen LogP contribution >= 0.6 is 27.5 Å². The van der Waals surface area contributed by atoms with E-state index in [2.05, 4.69) is 33.0 Å². The van der Waals surface area contributed by atoms with Crippen LogP contribution < -0.4 is 5.32 Å². The summed E-state index contributed by atoms with van der Waals surface area (Å²) < 4.78 is 20.9. The third kappa shape index (κ3) is 4.08. The zero-order chi connectivity index (χ0) is 23.6. The number of carbonyl (C=O) groups excluding carboxylic acids is 1. The van der Waals surface area contributed by atoms with Crippen LogP contribution in [-0.2, 0) is 16.0 Å². The molecule has 3 atom stereocenters. The number of methoxy groups -OCH3 is 1. The number of ether oxygens (including phenoxy) is 1. The monoisotopic (exact) mass is 526 g/mol. The van der Waals surface area contributed by atoms with Crippen LogP contribution in [0.5, 0.6) is 0 Å². The number of allylic oxidation sites excluding steroid dienone is 1. The maximum atomic E-state index is 15.5. The first-order chi connectivity index (χ1) is 15.3. The number of hydrogen-bond acceptors (Lipinski definition) is 5. The highest BCUT2D eigenvalue weighted by molar-refractivity contribution is 9.10. The van der Waals surface area contributed by atoms with Gasteiger partial charge in [-0.05, 0) is 82.0 Å². The Labute approximate surface area is 201 Å². The molecular weight excluding hydrogens is 499 g/mol. The van der Waals surface area contributed by atoms with Crippen LogP contribution in [0, 0.1) is 22.1 Å². The van der Waals surface area contributed by atoms with Gasteiger partial charge in [-0.2, -0.15) is 0 Å². The normalized spacial score (nSPS) is 24.9. The maximum Gasteiger partial charge on any atom is 0.316 e. The van der Waals surface area contributed by atoms with Crippen LogP contribution in [0.15, 0.2) is 33.6 Å². The number of benzene rings is 1. The highest BCUT2D eigenvalue weighted by Gasteiger charge is 2.60. The summed E-state index contributed by atoms with van der Waals surface area (Å²) in [5.74, 6) is -1.03. The van der Waals surface area contributed by atoms with E-state index in [1.807, 2.05) is 13.8 Å². The Hall–Kier alpha value is -1.57. The van der Waals surface area contributed by atoms with Crippen molar-refractivity contribution in [2.45, 2.75) is 58.4 Å². The number of fused-ring (bicyclic) bond motifs is 2. The van der Waals surface area contributed by atoms with Crippen molar-refractivity contribution in [3.8, 4) is 0 Å². The van der Waals surface area contributed by atoms with E-state index in [0.717, 1.165) is 12.8 Å². The summed E-state index contributed by atoms with van der Waals surface area (Å²) in [7, 11) is 1.35. The molecule has 1 aromatic carbocycles. The number of nitrogens with one attached hydrogen (secondary N) is 1. The average molecular weight is 528 g/mol. The summed E-state index contributed by atoms with van der Waals surface area (Å²) in [4.78, 5) is 25.7. The minimum atomic E-state index is -1.13. The Bertz CT molecular complexity index is 980. The quantitative estimate of drug-likeness (QED) is 0.171. The van der Waals surface area contributed by atoms with Crippen LogP contribution in [0.2, 0.25) is 5.02 Å². The van der Waals surface area contributed by atoms with E-state index < -0.39 is 17.2 Å². The van der Waals surface area contributed by atoms with Crippen LogP contribution in [0.1, 0.15) is 57.1 Å². The highest BCUT2D eigenvalue weighted by atomic mass is 79.9. The topological polar surface area (TPSA) is 67.8 Å². The van der Waals surface area contributed by atoms with Gasteiger partial charge in [0.05, 0.1) is 16.6 Å². The Balaban J connectivity index is 2.45. The molecule has 3 unspecified atom stereocenters. The summed E-state index contributed by atoms with van der Waals surface area (Å²) in [5.41, 5.74) is 0.768. The predicted molar refractivity (Wildman–Crippen MR) is 129 cm³/mol. The first kappa shape index (κ1) is 25.1. The van der Waals surface area contributed by atoms with Crippen molar-refractivity contribution >= 4 is 39.1 Å². The molecule has 3 rings (SSSR count). The van der Waals surface area contributed by atoms with Gasteiger partial charge in [-0.1, -0.05) is 44.9 Å². The van der Waals surface area contributed by atoms with Gasteiger partial charge in [-0.25, -0.2) is 4.39 Å². The van der Waals surface area contributed by atoms with Crippen LogP contribution in [0.3, 0.4) is 0 Å². The molecule has 1 N–H and O–H groups in total. The SMILES string of the molecule is C=C(CCC)/C(N=O)=C(\c1cc(Cl)c(Br)c(F)c1CCC)C1(C(=O)OC)CC2CC1CN2. The second kappa shape index (κ2) is 10.1. The highest BCUT2D eigenvalue weighted by Crippen LogP contribution is 2.58. The van der Waals surface area contributed by atoms with Crippen LogP contribution in [-0.4, -0.2) is 25.7 Å². The fourth-order valence-corrected chi connectivity index (χ4v) is 5.93. The molecule has 32 heavy (non-hydrogen) atoms. The molecule has 0 aromatic heterocycles. The van der Waals surface area contributed by atoms with Gasteiger partial charge in [0.1, 0.15) is 16.9 Å². The number of esters is 1. The Kier molecular flexibility index (Phi) is 7.94. The first-order valence-electron chi connectivity index (χ1n) is 11.0. The number of nitrogens with zero attached hydrogens (tertiary/aromatic N) is 1. The summed E-state index contributed by atoms with van der Waals surface area (Å²) >= 11 is 9.64. The number of piperidine rings is 1. The Morgan fingerprint density at radius 2 is 2.16 bits per heavy atom. The predicted octanol–water partition coefficient (Wildman–Crippen LogP) is 6.57. The number of hydrogen-bond donors (Lipinski definition) is 1. The van der Waals surface area contributed by atoms with Crippen molar-refractivity contribution in [2.75, 3.05) is 13.7 Å². The Morgan fingerprint density at radius 1 is 1.44 bits per heavy atom. The lowest BCUT2D eigenvalue weighted by atomic mass is 9.66. The molecular formula is C24H29BrClFN2O3. The Morgan fingerprint density at radius 3 is 2.66 bits per heavy atom. The maximum absolute atomic E-state index is 15.5. The molecule has 174 valence electrons. The van der Waals surface area contributed by atoms with E-state index in [-0.39, 0.29) is 27.2 Å². The number of rotatable bonds is 9. The lowest BCUT2D eigenvalue weighted by molar-refractivity contribution is -0.151. The molecule has 2 bridgehead atoms. The van der Waals surface area contributed by atoms with Crippen molar-refractivity contribution < 1.29 is 13.9 Å². The molecule has 0 amide bonds. The lowest BCUT2D eigenvalue weighted by Gasteiger charge is -2.39. The van der Waals surface area contributed by atoms with Crippen LogP contribution in [0.25, 0.3) is 5.57 Å². The minimum absolute atomic E-state index is 0.104. The van der Waals surface area contributed by atoms with Gasteiger partial charge in [0.2, 0.25) is 0 Å². The molecule has 2 fully saturated rings. The zero-order valence-electron chi connectivity index (χ0n) is 18.7. The molecule has 1 aromatic rings. The summed E-state index contributed by atoms with van der Waals surface area (Å²) in [6, 6.07) is 1.75. The van der Waals surface area contributed by atoms with Gasteiger partial charge in [0.15, 0.2) is 0 Å². The summed E-state index contributed by atoms with van der Waals surface area (Å²) in [6.07, 6.45) is 3.57. The molecule has 0 spiro atoms. The third-order valence-electron chi connectivity index (χ3n) is 6.73. The van der Waals surface area contributed by atoms with E-state index in [1.165, 1.54) is 7.11 Å². The van der Waals surface area contributed by atoms with Gasteiger partial charge in [-0.3, -0.25) is 4.79 Å². The van der Waals surface area contributed by atoms with Crippen molar-refractivity contribution in [3.05, 3.63) is 55.3 Å². The smallest absolute Gasteiger partial charge is 0.316 e. The molecule has 5 nitrogen and oxygen atoms in total. The van der Waals surface area contributed by atoms with Crippen molar-refractivity contribution in [1.82, 2.24) is 5.32 Å². The summed E-state index contributed by atoms with van der Waals surface area (Å²) in [5, 5.41) is 6.96. The molecule has 1 aliphatic heterocycles. The van der Waals surface area contributed by atoms with Crippen molar-refractivity contribution in [2.24, 2.45) is 16.5 Å². The largest absolute Gasteiger partial charge is 0.468 e. The average Bonchev–Trinajstić information content (AvgIpc) is 3.39. The van der Waals surface area contributed by atoms with E-state index in [0.29, 0.717) is 54.5 Å². The molecule has 1 heterocycles. The number of halogens is 3. The van der Waals surface area contributed by atoms with Gasteiger partial charge >= 0.3 is 5.97 Å². The summed E-state index contributed by atoms with van der Waals surface area (Å²) in [6.45, 7) is 8.62. The standard InChI is InChI=1S/C24H29BrClFN2O3/c1-5-7-13(3)22(29-31)19(17-10-18(26)20(25)21(27)16(17)8-6-2)24(23(30)32-4)11-15-9-14(24)12-28-15/h10,14-15,28H,3,5-9,11-12H2,1-2,4H3/b22-19-. The molecule has 8 heteroatoms. The molecule has 2 aliphatic rings. The van der Waals surface area contributed by atoms with E-state index in [9.17, 15) is 9.70 Å². The zero-order valence-corrected chi connectivity index (χ0v) is 21.0. The fraction of sp³-hybridized carbons (Fsp3) is 0.542. The molecule has 1 aliphatic carbocycles. The number of carbonyl (C=O) groups is 1. The number of nitroso groups, excluding NO2 is 1. The second-order valence-electron chi connectivity index (χ2n) is 8.64. The third-order valence-corrected chi connectivity index (χ3v) is 8.03. The van der Waals surface area contributed by atoms with Gasteiger partial charge in [0.25, 0.3) is 0 Å². The van der Waals surface area contributed by atoms with Gasteiger partial charge in [0, 0.05) is 11.6 Å². The minimum Gasteiger partial charge on any atom is -0.468 e. The van der Waals surface area contributed by atoms with Gasteiger partial charge < -0.3 is 10.1 Å². The molecule has 1 saturated heterocycles. The van der Waals surface area contributed by atoms with E-state index in [4.69, 9.17) is 16.3 Å². The first-order valence-corrected chi connectivity index (χ1v) is 12.2. The molecule has 0 radical (unpaired) electrons. The van der Waals surface area contributed by atoms with Crippen LogP contribution in [0.4, 0.5) is 4.39 Å². The second-order valence-corrected chi connectivity index (χ2v) is 9.84. The van der Waals surface area contributed by atoms with Gasteiger partial charge in [-0.15, -0.1) is 4.91 Å². The lowest BCUT2D eigenvalue weighted by Crippen LogP contribution is -2.46. The van der Waals surface area contributed by atoms with E-state index >= 15 is 4.39 Å². The fourth-order valence-electron chi connectivity index (χ4n) is 5.38. The van der Waals surface area contributed by atoms with Crippen molar-refractivity contribution in [3.63, 3.8) is 0 Å². The molecule has 1 saturated carbocycles. The van der Waals surface area contributed by atoms with E-state index in [1.54, 1.807) is 6.07 Å².